The molecule has 0 radical (unpaired) electrons. The molecule has 2 unspecified atom stereocenters. The SMILES string of the molecule is O=C(N[C@H]1C2CCC[C@@H](O)CC1CC2)N1[C@@H]2CC[C@H]1C[C@@H](OC1CCN(c3ccccc3)CC1)C2. The Morgan fingerprint density at radius 2 is 1.54 bits per heavy atom. The summed E-state index contributed by atoms with van der Waals surface area (Å²) >= 11 is 0. The van der Waals surface area contributed by atoms with Crippen molar-refractivity contribution >= 4 is 11.7 Å². The fourth-order valence-corrected chi connectivity index (χ4v) is 8.03. The fraction of sp³-hybridized carbons (Fsp3) is 0.759. The van der Waals surface area contributed by atoms with Gasteiger partial charge in [-0.05, 0) is 94.6 Å². The first-order valence-corrected chi connectivity index (χ1v) is 14.4. The summed E-state index contributed by atoms with van der Waals surface area (Å²) in [5.74, 6) is 1.04. The number of urea groups is 1. The fourth-order valence-electron chi connectivity index (χ4n) is 8.03. The van der Waals surface area contributed by atoms with Gasteiger partial charge in [-0.25, -0.2) is 4.79 Å². The van der Waals surface area contributed by atoms with E-state index < -0.39 is 0 Å². The largest absolute Gasteiger partial charge is 0.393 e. The van der Waals surface area contributed by atoms with Crippen molar-refractivity contribution < 1.29 is 14.6 Å². The molecule has 5 fully saturated rings. The second-order valence-corrected chi connectivity index (χ2v) is 11.9. The minimum absolute atomic E-state index is 0.157. The van der Waals surface area contributed by atoms with Gasteiger partial charge in [-0.3, -0.25) is 0 Å². The van der Waals surface area contributed by atoms with E-state index in [1.165, 1.54) is 12.1 Å². The number of nitrogens with one attached hydrogen (secondary N) is 1. The molecule has 7 atom stereocenters. The average Bonchev–Trinajstić information content (AvgIpc) is 3.39. The third kappa shape index (κ3) is 5.06. The third-order valence-corrected chi connectivity index (χ3v) is 9.77. The van der Waals surface area contributed by atoms with E-state index in [0.29, 0.717) is 30.0 Å². The van der Waals surface area contributed by atoms with Crippen LogP contribution in [0.4, 0.5) is 10.5 Å². The number of fused-ring (bicyclic) bond motifs is 4. The number of aliphatic hydroxyl groups excluding tert-OH is 1. The van der Waals surface area contributed by atoms with Crippen LogP contribution in [0.1, 0.15) is 77.0 Å². The Morgan fingerprint density at radius 1 is 0.829 bits per heavy atom. The molecular weight excluding hydrogens is 438 g/mol. The second kappa shape index (κ2) is 10.3. The van der Waals surface area contributed by atoms with Gasteiger partial charge < -0.3 is 25.0 Å². The normalized spacial score (nSPS) is 37.7. The standard InChI is InChI=1S/C29H43N3O3/c33-25-8-4-5-20-9-10-21(17-25)28(20)30-29(34)32-23-11-12-24(32)19-27(18-23)35-26-13-15-31(16-14-26)22-6-2-1-3-7-22/h1-3,6-7,20-21,23-28,33H,4-5,8-19H2,(H,30,34)/t20?,21?,23-,24+,25-,27+,28+/m1/s1. The van der Waals surface area contributed by atoms with Crippen LogP contribution >= 0.6 is 0 Å². The number of rotatable bonds is 4. The first-order valence-electron chi connectivity index (χ1n) is 14.4. The zero-order valence-electron chi connectivity index (χ0n) is 21.1. The first kappa shape index (κ1) is 23.6. The van der Waals surface area contributed by atoms with Crippen LogP contribution in [0.25, 0.3) is 0 Å². The van der Waals surface area contributed by atoms with Crippen LogP contribution in [0.2, 0.25) is 0 Å². The van der Waals surface area contributed by atoms with Crippen molar-refractivity contribution in [3.05, 3.63) is 30.3 Å². The minimum atomic E-state index is -0.193. The highest BCUT2D eigenvalue weighted by molar-refractivity contribution is 5.76. The summed E-state index contributed by atoms with van der Waals surface area (Å²) in [6, 6.07) is 11.7. The van der Waals surface area contributed by atoms with Crippen molar-refractivity contribution in [2.75, 3.05) is 18.0 Å². The van der Waals surface area contributed by atoms with E-state index in [4.69, 9.17) is 4.74 Å². The van der Waals surface area contributed by atoms with E-state index in [1.807, 2.05) is 0 Å². The van der Waals surface area contributed by atoms with Gasteiger partial charge in [0, 0.05) is 36.9 Å². The first-order chi connectivity index (χ1) is 17.1. The molecule has 3 aliphatic heterocycles. The number of benzene rings is 1. The van der Waals surface area contributed by atoms with Crippen LogP contribution in [0.3, 0.4) is 0 Å². The molecule has 1 aromatic rings. The smallest absolute Gasteiger partial charge is 0.318 e. The molecule has 192 valence electrons. The summed E-state index contributed by atoms with van der Waals surface area (Å²) in [7, 11) is 0. The number of para-hydroxylation sites is 1. The molecule has 6 rings (SSSR count). The number of anilines is 1. The summed E-state index contributed by atoms with van der Waals surface area (Å²) < 4.78 is 6.65. The quantitative estimate of drug-likeness (QED) is 0.654. The maximum Gasteiger partial charge on any atom is 0.318 e. The van der Waals surface area contributed by atoms with Gasteiger partial charge in [-0.15, -0.1) is 0 Å². The van der Waals surface area contributed by atoms with Crippen molar-refractivity contribution in [3.63, 3.8) is 0 Å². The van der Waals surface area contributed by atoms with Crippen molar-refractivity contribution in [2.24, 2.45) is 11.8 Å². The van der Waals surface area contributed by atoms with Gasteiger partial charge in [-0.2, -0.15) is 0 Å². The highest BCUT2D eigenvalue weighted by Gasteiger charge is 2.46. The van der Waals surface area contributed by atoms with Gasteiger partial charge in [0.15, 0.2) is 0 Å². The van der Waals surface area contributed by atoms with E-state index in [9.17, 15) is 9.90 Å². The maximum atomic E-state index is 13.5. The molecule has 6 heteroatoms. The number of amides is 2. The van der Waals surface area contributed by atoms with Crippen molar-refractivity contribution in [3.8, 4) is 0 Å². The van der Waals surface area contributed by atoms with Crippen LogP contribution in [0.15, 0.2) is 30.3 Å². The molecule has 4 bridgehead atoms. The van der Waals surface area contributed by atoms with Crippen LogP contribution in [-0.4, -0.2) is 65.6 Å². The number of piperidine rings is 2. The molecule has 3 heterocycles. The van der Waals surface area contributed by atoms with Crippen LogP contribution < -0.4 is 10.2 Å². The Balaban J connectivity index is 1.01. The van der Waals surface area contributed by atoms with E-state index in [-0.39, 0.29) is 24.3 Å². The van der Waals surface area contributed by atoms with Gasteiger partial charge >= 0.3 is 6.03 Å². The van der Waals surface area contributed by atoms with Gasteiger partial charge in [0.05, 0.1) is 18.3 Å². The number of carbonyl (C=O) groups excluding carboxylic acids is 1. The molecule has 6 nitrogen and oxygen atoms in total. The number of hydrogen-bond donors (Lipinski definition) is 2. The Hall–Kier alpha value is -1.79. The highest BCUT2D eigenvalue weighted by Crippen LogP contribution is 2.42. The molecule has 35 heavy (non-hydrogen) atoms. The van der Waals surface area contributed by atoms with E-state index in [2.05, 4.69) is 45.4 Å². The third-order valence-electron chi connectivity index (χ3n) is 9.77. The monoisotopic (exact) mass is 481 g/mol. The Morgan fingerprint density at radius 3 is 2.29 bits per heavy atom. The lowest BCUT2D eigenvalue weighted by molar-refractivity contribution is -0.0606. The van der Waals surface area contributed by atoms with Gasteiger partial charge in [0.25, 0.3) is 0 Å². The lowest BCUT2D eigenvalue weighted by atomic mass is 9.85. The molecule has 0 spiro atoms. The predicted octanol–water partition coefficient (Wildman–Crippen LogP) is 4.71. The molecule has 2 aliphatic carbocycles. The average molecular weight is 482 g/mol. The lowest BCUT2D eigenvalue weighted by Gasteiger charge is -2.42. The molecule has 3 saturated heterocycles. The molecule has 2 saturated carbocycles. The molecule has 0 aromatic heterocycles. The van der Waals surface area contributed by atoms with Crippen LogP contribution in [0, 0.1) is 11.8 Å². The van der Waals surface area contributed by atoms with Gasteiger partial charge in [0.1, 0.15) is 0 Å². The Labute approximate surface area is 210 Å². The predicted molar refractivity (Wildman–Crippen MR) is 137 cm³/mol. The maximum absolute atomic E-state index is 13.5. The highest BCUT2D eigenvalue weighted by atomic mass is 16.5. The topological polar surface area (TPSA) is 65.0 Å². The summed E-state index contributed by atoms with van der Waals surface area (Å²) in [5.41, 5.74) is 1.32. The summed E-state index contributed by atoms with van der Waals surface area (Å²) in [6.45, 7) is 2.11. The van der Waals surface area contributed by atoms with Crippen molar-refractivity contribution in [1.29, 1.82) is 0 Å². The molecule has 2 N–H and O–H groups in total. The summed E-state index contributed by atoms with van der Waals surface area (Å²) in [4.78, 5) is 18.2. The lowest BCUT2D eigenvalue weighted by Crippen LogP contribution is -2.56. The van der Waals surface area contributed by atoms with Crippen LogP contribution in [0.5, 0.6) is 0 Å². The number of hydrogen-bond acceptors (Lipinski definition) is 4. The van der Waals surface area contributed by atoms with Gasteiger partial charge in [0.2, 0.25) is 0 Å². The van der Waals surface area contributed by atoms with Gasteiger partial charge in [-0.1, -0.05) is 24.6 Å². The second-order valence-electron chi connectivity index (χ2n) is 11.9. The number of ether oxygens (including phenoxy) is 1. The van der Waals surface area contributed by atoms with Crippen molar-refractivity contribution in [2.45, 2.75) is 113 Å². The van der Waals surface area contributed by atoms with Crippen LogP contribution in [-0.2, 0) is 4.74 Å². The summed E-state index contributed by atoms with van der Waals surface area (Å²) in [6.07, 6.45) is 13.2. The number of carbonyl (C=O) groups is 1. The molecule has 5 aliphatic rings. The van der Waals surface area contributed by atoms with E-state index >= 15 is 0 Å². The zero-order chi connectivity index (χ0) is 23.8. The Bertz CT molecular complexity index is 844. The van der Waals surface area contributed by atoms with E-state index in [1.54, 1.807) is 0 Å². The molecular formula is C29H43N3O3. The minimum Gasteiger partial charge on any atom is -0.393 e. The molecule has 2 amide bonds. The number of nitrogens with zero attached hydrogens (tertiary/aromatic N) is 2. The van der Waals surface area contributed by atoms with Crippen molar-refractivity contribution in [1.82, 2.24) is 10.2 Å². The Kier molecular flexibility index (Phi) is 6.94. The molecule has 1 aromatic carbocycles. The zero-order valence-corrected chi connectivity index (χ0v) is 21.1. The van der Waals surface area contributed by atoms with E-state index in [0.717, 1.165) is 83.7 Å². The number of aliphatic hydroxyl groups is 1. The summed E-state index contributed by atoms with van der Waals surface area (Å²) in [5, 5.41) is 13.8.